The van der Waals surface area contributed by atoms with E-state index in [2.05, 4.69) is 4.74 Å². The summed E-state index contributed by atoms with van der Waals surface area (Å²) in [5.41, 5.74) is -2.50. The molecule has 0 aliphatic carbocycles. The van der Waals surface area contributed by atoms with E-state index in [1.54, 1.807) is 0 Å². The molecular weight excluding hydrogens is 230 g/mol. The van der Waals surface area contributed by atoms with Crippen molar-refractivity contribution in [3.63, 3.8) is 0 Å². The molecule has 1 N–H and O–H groups in total. The standard InChI is InChI=1S/C12H14F2O3/c1-7(11(15)17-3)12(2,16)10-8(13)5-4-6-9(10)14/h4-7,16H,1-3H3. The lowest BCUT2D eigenvalue weighted by Crippen LogP contribution is -2.37. The van der Waals surface area contributed by atoms with Gasteiger partial charge in [-0.15, -0.1) is 0 Å². The zero-order valence-electron chi connectivity index (χ0n) is 9.83. The zero-order valence-corrected chi connectivity index (χ0v) is 9.83. The maximum atomic E-state index is 13.5. The number of carbonyl (C=O) groups is 1. The van der Waals surface area contributed by atoms with Crippen molar-refractivity contribution in [3.8, 4) is 0 Å². The van der Waals surface area contributed by atoms with Crippen LogP contribution in [-0.4, -0.2) is 18.2 Å². The molecule has 1 aromatic carbocycles. The molecule has 2 atom stereocenters. The lowest BCUT2D eigenvalue weighted by molar-refractivity contribution is -0.154. The number of aliphatic hydroxyl groups is 1. The summed E-state index contributed by atoms with van der Waals surface area (Å²) in [6.45, 7) is 2.52. The molecule has 0 aliphatic heterocycles. The fourth-order valence-electron chi connectivity index (χ4n) is 1.60. The third-order valence-electron chi connectivity index (χ3n) is 2.87. The second kappa shape index (κ2) is 4.79. The SMILES string of the molecule is COC(=O)C(C)C(C)(O)c1c(F)cccc1F. The van der Waals surface area contributed by atoms with Crippen molar-refractivity contribution in [2.24, 2.45) is 5.92 Å². The van der Waals surface area contributed by atoms with Gasteiger partial charge in [0.1, 0.15) is 17.2 Å². The zero-order chi connectivity index (χ0) is 13.2. The Hall–Kier alpha value is -1.49. The average molecular weight is 244 g/mol. The van der Waals surface area contributed by atoms with Crippen molar-refractivity contribution < 1.29 is 23.4 Å². The molecule has 0 heterocycles. The highest BCUT2D eigenvalue weighted by Crippen LogP contribution is 2.33. The smallest absolute Gasteiger partial charge is 0.311 e. The number of rotatable bonds is 3. The van der Waals surface area contributed by atoms with Crippen LogP contribution in [0.1, 0.15) is 19.4 Å². The highest BCUT2D eigenvalue weighted by atomic mass is 19.1. The van der Waals surface area contributed by atoms with E-state index in [0.717, 1.165) is 19.2 Å². The van der Waals surface area contributed by atoms with E-state index in [4.69, 9.17) is 0 Å². The topological polar surface area (TPSA) is 46.5 Å². The molecule has 3 nitrogen and oxygen atoms in total. The van der Waals surface area contributed by atoms with Crippen LogP contribution >= 0.6 is 0 Å². The minimum atomic E-state index is -1.97. The molecule has 0 bridgehead atoms. The largest absolute Gasteiger partial charge is 0.469 e. The average Bonchev–Trinajstić information content (AvgIpc) is 2.26. The first-order valence-corrected chi connectivity index (χ1v) is 5.07. The van der Waals surface area contributed by atoms with Crippen LogP contribution in [0.4, 0.5) is 8.78 Å². The molecule has 1 rings (SSSR count). The molecule has 0 aliphatic rings. The summed E-state index contributed by atoms with van der Waals surface area (Å²) in [6.07, 6.45) is 0. The highest BCUT2D eigenvalue weighted by Gasteiger charge is 2.40. The Balaban J connectivity index is 3.25. The van der Waals surface area contributed by atoms with Crippen LogP contribution in [-0.2, 0) is 15.1 Å². The van der Waals surface area contributed by atoms with Gasteiger partial charge >= 0.3 is 5.97 Å². The molecule has 1 aromatic rings. The van der Waals surface area contributed by atoms with Crippen LogP contribution < -0.4 is 0 Å². The van der Waals surface area contributed by atoms with Crippen LogP contribution in [0.2, 0.25) is 0 Å². The van der Waals surface area contributed by atoms with Gasteiger partial charge in [0.05, 0.1) is 18.6 Å². The second-order valence-electron chi connectivity index (χ2n) is 3.99. The van der Waals surface area contributed by atoms with Crippen LogP contribution in [0.3, 0.4) is 0 Å². The van der Waals surface area contributed by atoms with Crippen molar-refractivity contribution in [1.82, 2.24) is 0 Å². The number of carbonyl (C=O) groups excluding carboxylic acids is 1. The van der Waals surface area contributed by atoms with E-state index in [1.807, 2.05) is 0 Å². The Morgan fingerprint density at radius 1 is 1.41 bits per heavy atom. The summed E-state index contributed by atoms with van der Waals surface area (Å²) < 4.78 is 31.5. The lowest BCUT2D eigenvalue weighted by Gasteiger charge is -2.29. The summed E-state index contributed by atoms with van der Waals surface area (Å²) in [4.78, 5) is 11.3. The van der Waals surface area contributed by atoms with Gasteiger partial charge in [-0.1, -0.05) is 6.07 Å². The first-order chi connectivity index (χ1) is 7.82. The van der Waals surface area contributed by atoms with Gasteiger partial charge in [-0.05, 0) is 26.0 Å². The minimum absolute atomic E-state index is 0.530. The number of hydrogen-bond donors (Lipinski definition) is 1. The summed E-state index contributed by atoms with van der Waals surface area (Å²) in [5.74, 6) is -3.62. The fraction of sp³-hybridized carbons (Fsp3) is 0.417. The van der Waals surface area contributed by atoms with Gasteiger partial charge in [-0.2, -0.15) is 0 Å². The monoisotopic (exact) mass is 244 g/mol. The molecule has 0 aromatic heterocycles. The molecule has 5 heteroatoms. The Bertz CT molecular complexity index is 410. The Morgan fingerprint density at radius 3 is 2.29 bits per heavy atom. The number of halogens is 2. The number of methoxy groups -OCH3 is 1. The van der Waals surface area contributed by atoms with Gasteiger partial charge in [0.2, 0.25) is 0 Å². The quantitative estimate of drug-likeness (QED) is 0.827. The molecule has 2 unspecified atom stereocenters. The fourth-order valence-corrected chi connectivity index (χ4v) is 1.60. The third-order valence-corrected chi connectivity index (χ3v) is 2.87. The molecule has 0 fully saturated rings. The Kier molecular flexibility index (Phi) is 3.83. The van der Waals surface area contributed by atoms with Crippen LogP contribution in [0.25, 0.3) is 0 Å². The number of ether oxygens (including phenoxy) is 1. The molecular formula is C12H14F2O3. The van der Waals surface area contributed by atoms with Crippen LogP contribution in [0.5, 0.6) is 0 Å². The van der Waals surface area contributed by atoms with Crippen LogP contribution in [0, 0.1) is 17.6 Å². The summed E-state index contributed by atoms with van der Waals surface area (Å²) in [6, 6.07) is 3.24. The minimum Gasteiger partial charge on any atom is -0.469 e. The molecule has 0 radical (unpaired) electrons. The normalized spacial score (nSPS) is 16.1. The van der Waals surface area contributed by atoms with E-state index in [1.165, 1.54) is 19.9 Å². The number of benzene rings is 1. The molecule has 0 spiro atoms. The van der Waals surface area contributed by atoms with Crippen molar-refractivity contribution in [2.45, 2.75) is 19.4 Å². The van der Waals surface area contributed by atoms with E-state index >= 15 is 0 Å². The summed E-state index contributed by atoms with van der Waals surface area (Å²) in [5, 5.41) is 10.1. The Morgan fingerprint density at radius 2 is 1.88 bits per heavy atom. The predicted octanol–water partition coefficient (Wildman–Crippen LogP) is 1.98. The van der Waals surface area contributed by atoms with Crippen molar-refractivity contribution in [2.75, 3.05) is 7.11 Å². The first-order valence-electron chi connectivity index (χ1n) is 5.07. The predicted molar refractivity (Wildman–Crippen MR) is 57.1 cm³/mol. The van der Waals surface area contributed by atoms with Crippen LogP contribution in [0.15, 0.2) is 18.2 Å². The second-order valence-corrected chi connectivity index (χ2v) is 3.99. The highest BCUT2D eigenvalue weighted by molar-refractivity contribution is 5.73. The molecule has 0 saturated heterocycles. The van der Waals surface area contributed by atoms with E-state index in [9.17, 15) is 18.7 Å². The first kappa shape index (κ1) is 13.6. The third kappa shape index (κ3) is 2.44. The molecule has 17 heavy (non-hydrogen) atoms. The molecule has 0 amide bonds. The van der Waals surface area contributed by atoms with Crippen molar-refractivity contribution >= 4 is 5.97 Å². The maximum absolute atomic E-state index is 13.5. The maximum Gasteiger partial charge on any atom is 0.311 e. The van der Waals surface area contributed by atoms with Gasteiger partial charge in [-0.25, -0.2) is 8.78 Å². The lowest BCUT2D eigenvalue weighted by atomic mass is 9.83. The molecule has 94 valence electrons. The van der Waals surface area contributed by atoms with E-state index < -0.39 is 34.7 Å². The number of hydrogen-bond acceptors (Lipinski definition) is 3. The molecule has 0 saturated carbocycles. The van der Waals surface area contributed by atoms with Crippen molar-refractivity contribution in [3.05, 3.63) is 35.4 Å². The van der Waals surface area contributed by atoms with Gasteiger partial charge in [0, 0.05) is 0 Å². The van der Waals surface area contributed by atoms with E-state index in [-0.39, 0.29) is 0 Å². The number of esters is 1. The van der Waals surface area contributed by atoms with Crippen molar-refractivity contribution in [1.29, 1.82) is 0 Å². The van der Waals surface area contributed by atoms with E-state index in [0.29, 0.717) is 0 Å². The van der Waals surface area contributed by atoms with Gasteiger partial charge in [0.25, 0.3) is 0 Å². The summed E-state index contributed by atoms with van der Waals surface area (Å²) >= 11 is 0. The summed E-state index contributed by atoms with van der Waals surface area (Å²) in [7, 11) is 1.15. The van der Waals surface area contributed by atoms with Gasteiger partial charge in [0.15, 0.2) is 0 Å². The Labute approximate surface area is 98.0 Å². The van der Waals surface area contributed by atoms with Gasteiger partial charge in [-0.3, -0.25) is 4.79 Å². The van der Waals surface area contributed by atoms with Gasteiger partial charge < -0.3 is 9.84 Å².